The smallest absolute Gasteiger partial charge is 0.427 e. The Balaban J connectivity index is 2.46. The molecule has 0 radical (unpaired) electrons. The first kappa shape index (κ1) is 19.0. The Morgan fingerprint density at radius 1 is 1.12 bits per heavy atom. The average molecular weight is 359 g/mol. The van der Waals surface area contributed by atoms with Gasteiger partial charge in [-0.2, -0.15) is 5.10 Å². The van der Waals surface area contributed by atoms with Gasteiger partial charge in [-0.1, -0.05) is 67.9 Å². The average Bonchev–Trinajstić information content (AvgIpc) is 2.60. The highest BCUT2D eigenvalue weighted by molar-refractivity contribution is 6.30. The maximum atomic E-state index is 11.7. The summed E-state index contributed by atoms with van der Waals surface area (Å²) in [6, 6.07) is 17.6. The number of carbonyl (C=O) groups excluding carboxylic acids is 1. The molecule has 0 aliphatic carbocycles. The number of hydrogen-bond donors (Lipinski definition) is 1. The summed E-state index contributed by atoms with van der Waals surface area (Å²) in [5.41, 5.74) is 5.31. The predicted molar refractivity (Wildman–Crippen MR) is 102 cm³/mol. The van der Waals surface area contributed by atoms with Crippen LogP contribution in [-0.2, 0) is 4.74 Å². The minimum absolute atomic E-state index is 0.0179. The van der Waals surface area contributed by atoms with Crippen molar-refractivity contribution in [3.63, 3.8) is 0 Å². The number of amides is 1. The van der Waals surface area contributed by atoms with Gasteiger partial charge in [0, 0.05) is 10.9 Å². The molecule has 4 nitrogen and oxygen atoms in total. The summed E-state index contributed by atoms with van der Waals surface area (Å²) >= 11 is 6.01. The molecule has 1 unspecified atom stereocenters. The highest BCUT2D eigenvalue weighted by Gasteiger charge is 2.24. The molecule has 0 aliphatic heterocycles. The molecule has 0 bridgehead atoms. The molecule has 132 valence electrons. The first-order valence-electron chi connectivity index (χ1n) is 8.34. The molecule has 2 rings (SSSR count). The van der Waals surface area contributed by atoms with Crippen LogP contribution in [0.2, 0.25) is 5.02 Å². The number of carbonyl (C=O) groups is 1. The standard InChI is InChI=1S/C20H23ClN2O2/c1-4-25-20(24)23-22-19(16-10-12-17(21)13-11-16)18(14(2)3)15-8-6-5-7-9-15/h5-14,18H,4H2,1-3H3,(H,23,24). The van der Waals surface area contributed by atoms with Gasteiger partial charge in [-0.25, -0.2) is 10.2 Å². The van der Waals surface area contributed by atoms with Crippen molar-refractivity contribution in [3.8, 4) is 0 Å². The van der Waals surface area contributed by atoms with Crippen LogP contribution < -0.4 is 5.43 Å². The van der Waals surface area contributed by atoms with Gasteiger partial charge in [0.15, 0.2) is 0 Å². The van der Waals surface area contributed by atoms with Crippen molar-refractivity contribution in [2.75, 3.05) is 6.61 Å². The summed E-state index contributed by atoms with van der Waals surface area (Å²) in [5, 5.41) is 5.04. The van der Waals surface area contributed by atoms with E-state index in [1.165, 1.54) is 0 Å². The summed E-state index contributed by atoms with van der Waals surface area (Å²) in [5.74, 6) is 0.296. The minimum Gasteiger partial charge on any atom is -0.449 e. The lowest BCUT2D eigenvalue weighted by Gasteiger charge is -2.24. The fourth-order valence-corrected chi connectivity index (χ4v) is 2.85. The molecule has 0 saturated carbocycles. The second kappa shape index (κ2) is 9.23. The zero-order chi connectivity index (χ0) is 18.2. The third kappa shape index (κ3) is 5.33. The minimum atomic E-state index is -0.565. The van der Waals surface area contributed by atoms with Gasteiger partial charge < -0.3 is 4.74 Å². The highest BCUT2D eigenvalue weighted by Crippen LogP contribution is 2.29. The third-order valence-electron chi connectivity index (χ3n) is 3.80. The Bertz CT molecular complexity index is 712. The second-order valence-corrected chi connectivity index (χ2v) is 6.41. The van der Waals surface area contributed by atoms with Crippen molar-refractivity contribution in [2.45, 2.75) is 26.7 Å². The summed E-state index contributed by atoms with van der Waals surface area (Å²) in [6.45, 7) is 6.31. The number of halogens is 1. The lowest BCUT2D eigenvalue weighted by molar-refractivity contribution is 0.152. The number of rotatable bonds is 6. The number of ether oxygens (including phenoxy) is 1. The summed E-state index contributed by atoms with van der Waals surface area (Å²) in [6.07, 6.45) is -0.565. The van der Waals surface area contributed by atoms with Crippen LogP contribution >= 0.6 is 11.6 Å². The van der Waals surface area contributed by atoms with Crippen molar-refractivity contribution in [1.82, 2.24) is 5.43 Å². The Morgan fingerprint density at radius 2 is 1.76 bits per heavy atom. The molecule has 0 spiro atoms. The lowest BCUT2D eigenvalue weighted by Crippen LogP contribution is -2.26. The number of hydrazone groups is 1. The van der Waals surface area contributed by atoms with Crippen LogP contribution in [0.1, 0.15) is 37.8 Å². The molecule has 1 amide bonds. The Kier molecular flexibility index (Phi) is 7.02. The molecular formula is C20H23ClN2O2. The van der Waals surface area contributed by atoms with Crippen molar-refractivity contribution >= 4 is 23.4 Å². The van der Waals surface area contributed by atoms with Crippen LogP contribution in [0.15, 0.2) is 59.7 Å². The van der Waals surface area contributed by atoms with Crippen LogP contribution in [0.5, 0.6) is 0 Å². The van der Waals surface area contributed by atoms with Gasteiger partial charge in [0.2, 0.25) is 0 Å². The van der Waals surface area contributed by atoms with E-state index in [0.717, 1.165) is 16.8 Å². The molecule has 0 saturated heterocycles. The van der Waals surface area contributed by atoms with Gasteiger partial charge >= 0.3 is 6.09 Å². The molecule has 25 heavy (non-hydrogen) atoms. The number of nitrogens with one attached hydrogen (secondary N) is 1. The fourth-order valence-electron chi connectivity index (χ4n) is 2.72. The lowest BCUT2D eigenvalue weighted by atomic mass is 9.82. The monoisotopic (exact) mass is 358 g/mol. The van der Waals surface area contributed by atoms with E-state index in [4.69, 9.17) is 16.3 Å². The largest absolute Gasteiger partial charge is 0.449 e. The van der Waals surface area contributed by atoms with Gasteiger partial charge in [-0.15, -0.1) is 0 Å². The van der Waals surface area contributed by atoms with Crippen LogP contribution in [0.25, 0.3) is 0 Å². The molecule has 2 aromatic rings. The van der Waals surface area contributed by atoms with E-state index in [0.29, 0.717) is 11.6 Å². The van der Waals surface area contributed by atoms with Gasteiger partial charge in [-0.3, -0.25) is 0 Å². The van der Waals surface area contributed by atoms with Crippen LogP contribution in [0, 0.1) is 5.92 Å². The van der Waals surface area contributed by atoms with Gasteiger partial charge in [0.1, 0.15) is 0 Å². The molecule has 0 fully saturated rings. The predicted octanol–water partition coefficient (Wildman–Crippen LogP) is 5.23. The molecule has 2 aromatic carbocycles. The molecule has 1 atom stereocenters. The summed E-state index contributed by atoms with van der Waals surface area (Å²) in [7, 11) is 0. The summed E-state index contributed by atoms with van der Waals surface area (Å²) in [4.78, 5) is 11.7. The normalized spacial score (nSPS) is 12.8. The van der Waals surface area contributed by atoms with E-state index in [1.807, 2.05) is 42.5 Å². The van der Waals surface area contributed by atoms with Crippen molar-refractivity contribution < 1.29 is 9.53 Å². The zero-order valence-electron chi connectivity index (χ0n) is 14.7. The third-order valence-corrected chi connectivity index (χ3v) is 4.05. The fraction of sp³-hybridized carbons (Fsp3) is 0.300. The van der Waals surface area contributed by atoms with Crippen molar-refractivity contribution in [2.24, 2.45) is 11.0 Å². The number of nitrogens with zero attached hydrogens (tertiary/aromatic N) is 1. The molecular weight excluding hydrogens is 336 g/mol. The van der Waals surface area contributed by atoms with Crippen LogP contribution in [0.4, 0.5) is 4.79 Å². The molecule has 5 heteroatoms. The van der Waals surface area contributed by atoms with E-state index in [1.54, 1.807) is 6.92 Å². The van der Waals surface area contributed by atoms with E-state index >= 15 is 0 Å². The van der Waals surface area contributed by atoms with E-state index in [-0.39, 0.29) is 11.8 Å². The molecule has 0 aliphatic rings. The summed E-state index contributed by atoms with van der Waals surface area (Å²) < 4.78 is 4.91. The maximum Gasteiger partial charge on any atom is 0.427 e. The van der Waals surface area contributed by atoms with E-state index in [9.17, 15) is 4.79 Å². The van der Waals surface area contributed by atoms with Gasteiger partial charge in [0.25, 0.3) is 0 Å². The van der Waals surface area contributed by atoms with Gasteiger partial charge in [-0.05, 0) is 36.1 Å². The van der Waals surface area contributed by atoms with E-state index in [2.05, 4.69) is 36.5 Å². The van der Waals surface area contributed by atoms with Crippen LogP contribution in [0.3, 0.4) is 0 Å². The van der Waals surface area contributed by atoms with Crippen molar-refractivity contribution in [3.05, 3.63) is 70.7 Å². The maximum absolute atomic E-state index is 11.7. The SMILES string of the molecule is CCOC(=O)NN=C(c1ccc(Cl)cc1)C(c1ccccc1)C(C)C. The van der Waals surface area contributed by atoms with Gasteiger partial charge in [0.05, 0.1) is 12.3 Å². The van der Waals surface area contributed by atoms with E-state index < -0.39 is 6.09 Å². The highest BCUT2D eigenvalue weighted by atomic mass is 35.5. The van der Waals surface area contributed by atoms with Crippen LogP contribution in [-0.4, -0.2) is 18.4 Å². The first-order valence-corrected chi connectivity index (χ1v) is 8.72. The topological polar surface area (TPSA) is 50.7 Å². The molecule has 1 N–H and O–H groups in total. The number of benzene rings is 2. The zero-order valence-corrected chi connectivity index (χ0v) is 15.5. The Hall–Kier alpha value is -2.33. The Labute approximate surface area is 153 Å². The Morgan fingerprint density at radius 3 is 2.32 bits per heavy atom. The molecule has 0 heterocycles. The number of hydrogen-bond acceptors (Lipinski definition) is 3. The quantitative estimate of drug-likeness (QED) is 0.567. The second-order valence-electron chi connectivity index (χ2n) is 5.97. The van der Waals surface area contributed by atoms with Crippen molar-refractivity contribution in [1.29, 1.82) is 0 Å². The molecule has 0 aromatic heterocycles. The first-order chi connectivity index (χ1) is 12.0.